The highest BCUT2D eigenvalue weighted by atomic mass is 15.4. The molecule has 0 unspecified atom stereocenters. The van der Waals surface area contributed by atoms with E-state index in [0.717, 1.165) is 38.3 Å². The fourth-order valence-electron chi connectivity index (χ4n) is 1.91. The lowest BCUT2D eigenvalue weighted by atomic mass is 10.1. The summed E-state index contributed by atoms with van der Waals surface area (Å²) < 4.78 is 1.84. The predicted octanol–water partition coefficient (Wildman–Crippen LogP) is 1.13. The van der Waals surface area contributed by atoms with Crippen molar-refractivity contribution in [2.75, 3.05) is 13.1 Å². The van der Waals surface area contributed by atoms with Crippen LogP contribution in [0.2, 0.25) is 0 Å². The first-order chi connectivity index (χ1) is 7.36. The molecular weight excluding hydrogens is 190 g/mol. The maximum Gasteiger partial charge on any atom is 0.0957 e. The number of aromatic nitrogens is 3. The summed E-state index contributed by atoms with van der Waals surface area (Å²) in [7, 11) is 0. The first kappa shape index (κ1) is 10.1. The van der Waals surface area contributed by atoms with Crippen molar-refractivity contribution < 1.29 is 0 Å². The minimum Gasteiger partial charge on any atom is -0.360 e. The van der Waals surface area contributed by atoms with E-state index in [1.807, 2.05) is 10.9 Å². The third kappa shape index (κ3) is 2.78. The molecule has 82 valence electrons. The van der Waals surface area contributed by atoms with E-state index in [2.05, 4.69) is 15.2 Å². The van der Waals surface area contributed by atoms with Crippen LogP contribution in [-0.4, -0.2) is 38.8 Å². The molecule has 1 fully saturated rings. The topological polar surface area (TPSA) is 57.8 Å². The molecule has 1 saturated heterocycles. The van der Waals surface area contributed by atoms with Crippen molar-refractivity contribution in [1.29, 1.82) is 5.41 Å². The van der Waals surface area contributed by atoms with Gasteiger partial charge >= 0.3 is 0 Å². The van der Waals surface area contributed by atoms with Crippen molar-refractivity contribution in [2.24, 2.45) is 0 Å². The van der Waals surface area contributed by atoms with Crippen LogP contribution in [0.4, 0.5) is 0 Å². The third-order valence-corrected chi connectivity index (χ3v) is 2.76. The Morgan fingerprint density at radius 2 is 2.27 bits per heavy atom. The van der Waals surface area contributed by atoms with Crippen LogP contribution in [0.15, 0.2) is 12.4 Å². The summed E-state index contributed by atoms with van der Waals surface area (Å²) in [4.78, 5) is 2.18. The number of hydrogen-bond acceptors (Lipinski definition) is 3. The number of amidine groups is 1. The zero-order chi connectivity index (χ0) is 10.5. The molecule has 0 amide bonds. The molecule has 2 heterocycles. The van der Waals surface area contributed by atoms with Crippen molar-refractivity contribution in [2.45, 2.75) is 32.2 Å². The Balaban J connectivity index is 1.71. The van der Waals surface area contributed by atoms with Crippen LogP contribution in [0.1, 0.15) is 25.7 Å². The molecule has 1 aromatic heterocycles. The van der Waals surface area contributed by atoms with Crippen LogP contribution < -0.4 is 0 Å². The normalized spacial score (nSPS) is 17.1. The van der Waals surface area contributed by atoms with Crippen molar-refractivity contribution in [3.63, 3.8) is 0 Å². The number of piperidine rings is 1. The Labute approximate surface area is 89.6 Å². The molecule has 0 radical (unpaired) electrons. The lowest BCUT2D eigenvalue weighted by Gasteiger charge is -2.29. The molecule has 0 bridgehead atoms. The van der Waals surface area contributed by atoms with Gasteiger partial charge in [0.05, 0.1) is 12.0 Å². The summed E-state index contributed by atoms with van der Waals surface area (Å²) in [6.45, 7) is 2.92. The first-order valence-electron chi connectivity index (χ1n) is 5.53. The highest BCUT2D eigenvalue weighted by Gasteiger charge is 2.13. The Morgan fingerprint density at radius 3 is 3.00 bits per heavy atom. The van der Waals surface area contributed by atoms with Gasteiger partial charge < -0.3 is 4.90 Å². The van der Waals surface area contributed by atoms with E-state index in [0.29, 0.717) is 0 Å². The molecular formula is C10H17N5. The average Bonchev–Trinajstić information content (AvgIpc) is 2.74. The molecule has 2 rings (SSSR count). The SMILES string of the molecule is N=C1CCCCN1CCCn1ccnn1. The molecule has 1 N–H and O–H groups in total. The number of hydrogen-bond donors (Lipinski definition) is 1. The number of nitrogens with one attached hydrogen (secondary N) is 1. The Kier molecular flexibility index (Phi) is 3.32. The quantitative estimate of drug-likeness (QED) is 0.805. The summed E-state index contributed by atoms with van der Waals surface area (Å²) in [5.41, 5.74) is 0. The van der Waals surface area contributed by atoms with Gasteiger partial charge in [0.15, 0.2) is 0 Å². The predicted molar refractivity (Wildman–Crippen MR) is 57.8 cm³/mol. The molecule has 1 aliphatic heterocycles. The van der Waals surface area contributed by atoms with E-state index in [4.69, 9.17) is 5.41 Å². The molecule has 0 aromatic carbocycles. The zero-order valence-electron chi connectivity index (χ0n) is 8.89. The zero-order valence-corrected chi connectivity index (χ0v) is 8.89. The average molecular weight is 207 g/mol. The van der Waals surface area contributed by atoms with Crippen molar-refractivity contribution in [1.82, 2.24) is 19.9 Å². The second-order valence-corrected chi connectivity index (χ2v) is 3.91. The number of rotatable bonds is 4. The second-order valence-electron chi connectivity index (χ2n) is 3.91. The lowest BCUT2D eigenvalue weighted by Crippen LogP contribution is -2.35. The smallest absolute Gasteiger partial charge is 0.0957 e. The maximum atomic E-state index is 7.79. The lowest BCUT2D eigenvalue weighted by molar-refractivity contribution is 0.349. The number of likely N-dealkylation sites (tertiary alicyclic amines) is 1. The van der Waals surface area contributed by atoms with Crippen LogP contribution in [0.5, 0.6) is 0 Å². The Bertz CT molecular complexity index is 306. The molecule has 1 aromatic rings. The highest BCUT2D eigenvalue weighted by Crippen LogP contribution is 2.10. The third-order valence-electron chi connectivity index (χ3n) is 2.76. The standard InChI is InChI=1S/C10H17N5/c11-10-4-1-2-6-14(10)7-3-8-15-9-5-12-13-15/h5,9,11H,1-4,6-8H2. The number of aryl methyl sites for hydroxylation is 1. The van der Waals surface area contributed by atoms with Crippen LogP contribution in [0.3, 0.4) is 0 Å². The molecule has 5 nitrogen and oxygen atoms in total. The minimum atomic E-state index is 0.805. The van der Waals surface area contributed by atoms with Crippen LogP contribution in [-0.2, 0) is 6.54 Å². The van der Waals surface area contributed by atoms with Crippen LogP contribution >= 0.6 is 0 Å². The summed E-state index contributed by atoms with van der Waals surface area (Å²) in [5.74, 6) is 0.805. The summed E-state index contributed by atoms with van der Waals surface area (Å²) in [6, 6.07) is 0. The second kappa shape index (κ2) is 4.91. The Hall–Kier alpha value is -1.39. The van der Waals surface area contributed by atoms with E-state index < -0.39 is 0 Å². The van der Waals surface area contributed by atoms with Crippen LogP contribution in [0, 0.1) is 5.41 Å². The monoisotopic (exact) mass is 207 g/mol. The van der Waals surface area contributed by atoms with E-state index in [-0.39, 0.29) is 0 Å². The molecule has 0 spiro atoms. The number of nitrogens with zero attached hydrogens (tertiary/aromatic N) is 4. The van der Waals surface area contributed by atoms with E-state index in [9.17, 15) is 0 Å². The molecule has 0 saturated carbocycles. The molecule has 0 atom stereocenters. The highest BCUT2D eigenvalue weighted by molar-refractivity contribution is 5.79. The van der Waals surface area contributed by atoms with Gasteiger partial charge in [-0.1, -0.05) is 5.21 Å². The van der Waals surface area contributed by atoms with Gasteiger partial charge in [-0.05, 0) is 19.3 Å². The largest absolute Gasteiger partial charge is 0.360 e. The van der Waals surface area contributed by atoms with Crippen LogP contribution in [0.25, 0.3) is 0 Å². The van der Waals surface area contributed by atoms with Gasteiger partial charge in [-0.2, -0.15) is 0 Å². The van der Waals surface area contributed by atoms with Gasteiger partial charge in [0.2, 0.25) is 0 Å². The van der Waals surface area contributed by atoms with Gasteiger partial charge in [-0.3, -0.25) is 10.1 Å². The summed E-state index contributed by atoms with van der Waals surface area (Å²) >= 11 is 0. The van der Waals surface area contributed by atoms with Gasteiger partial charge in [-0.25, -0.2) is 0 Å². The van der Waals surface area contributed by atoms with Crippen molar-refractivity contribution in [3.8, 4) is 0 Å². The van der Waals surface area contributed by atoms with Crippen molar-refractivity contribution in [3.05, 3.63) is 12.4 Å². The summed E-state index contributed by atoms with van der Waals surface area (Å²) in [6.07, 6.45) is 7.96. The fraction of sp³-hybridized carbons (Fsp3) is 0.700. The van der Waals surface area contributed by atoms with Gasteiger partial charge in [-0.15, -0.1) is 5.10 Å². The van der Waals surface area contributed by atoms with E-state index >= 15 is 0 Å². The minimum absolute atomic E-state index is 0.805. The van der Waals surface area contributed by atoms with E-state index in [1.54, 1.807) is 6.20 Å². The fourth-order valence-corrected chi connectivity index (χ4v) is 1.91. The molecule has 1 aliphatic rings. The molecule has 0 aliphatic carbocycles. The van der Waals surface area contributed by atoms with Gasteiger partial charge in [0.25, 0.3) is 0 Å². The van der Waals surface area contributed by atoms with Crippen molar-refractivity contribution >= 4 is 5.84 Å². The Morgan fingerprint density at radius 1 is 1.33 bits per heavy atom. The van der Waals surface area contributed by atoms with Gasteiger partial charge in [0.1, 0.15) is 0 Å². The first-order valence-corrected chi connectivity index (χ1v) is 5.53. The summed E-state index contributed by atoms with van der Waals surface area (Å²) in [5, 5.41) is 15.5. The van der Waals surface area contributed by atoms with Gasteiger partial charge in [0, 0.05) is 32.3 Å². The van der Waals surface area contributed by atoms with E-state index in [1.165, 1.54) is 12.8 Å². The molecule has 5 heteroatoms. The molecule has 15 heavy (non-hydrogen) atoms. The maximum absolute atomic E-state index is 7.79.